The van der Waals surface area contributed by atoms with Gasteiger partial charge in [-0.1, -0.05) is 110 Å². The maximum absolute atomic E-state index is 12.2. The van der Waals surface area contributed by atoms with Crippen LogP contribution in [0.25, 0.3) is 44.1 Å². The fraction of sp³-hybridized carbons (Fsp3) is 0.357. The molecule has 5 rings (SSSR count). The second-order valence-electron chi connectivity index (χ2n) is 13.1. The van der Waals surface area contributed by atoms with E-state index in [4.69, 9.17) is 9.97 Å². The Labute approximate surface area is 295 Å². The van der Waals surface area contributed by atoms with Crippen LogP contribution >= 0.6 is 0 Å². The first kappa shape index (κ1) is 37.8. The number of nitrogens with zero attached hydrogens (tertiary/aromatic N) is 2. The number of aromatic nitrogens is 2. The zero-order valence-corrected chi connectivity index (χ0v) is 31.5. The number of hydrogen-bond donors (Lipinski definition) is 1. The van der Waals surface area contributed by atoms with Crippen LogP contribution in [0, 0.1) is 16.9 Å². The molecular formula is C42H49IrN2O2-. The number of hydrogen-bond acceptors (Lipinski definition) is 4. The van der Waals surface area contributed by atoms with Crippen LogP contribution in [-0.2, 0) is 24.9 Å². The van der Waals surface area contributed by atoms with Crippen LogP contribution in [0.15, 0.2) is 96.8 Å². The van der Waals surface area contributed by atoms with Crippen molar-refractivity contribution in [2.45, 2.75) is 87.0 Å². The van der Waals surface area contributed by atoms with Crippen molar-refractivity contribution in [3.05, 3.63) is 109 Å². The minimum atomic E-state index is -0.337. The van der Waals surface area contributed by atoms with Crippen molar-refractivity contribution in [2.24, 2.45) is 10.8 Å². The van der Waals surface area contributed by atoms with Crippen LogP contribution < -0.4 is 0 Å². The third-order valence-corrected chi connectivity index (χ3v) is 9.89. The van der Waals surface area contributed by atoms with Crippen LogP contribution in [-0.4, -0.2) is 20.9 Å². The fourth-order valence-electron chi connectivity index (χ4n) is 5.44. The van der Waals surface area contributed by atoms with Gasteiger partial charge in [0.1, 0.15) is 11.6 Å². The quantitative estimate of drug-likeness (QED) is 0.0661. The molecule has 5 heteroatoms. The number of carbonyl (C=O) groups excluding carboxylic acids is 1. The molecule has 0 saturated heterocycles. The van der Waals surface area contributed by atoms with Crippen molar-refractivity contribution in [3.8, 4) is 22.4 Å². The summed E-state index contributed by atoms with van der Waals surface area (Å²) in [6, 6.07) is 32.8. The van der Waals surface area contributed by atoms with Crippen molar-refractivity contribution in [1.82, 2.24) is 9.97 Å². The molecule has 47 heavy (non-hydrogen) atoms. The van der Waals surface area contributed by atoms with Gasteiger partial charge in [-0.2, -0.15) is 0 Å². The topological polar surface area (TPSA) is 63.1 Å². The Hall–Kier alpha value is -3.66. The molecule has 0 bridgehead atoms. The summed E-state index contributed by atoms with van der Waals surface area (Å²) in [6.07, 6.45) is 4.75. The molecule has 0 saturated carbocycles. The average Bonchev–Trinajstić information content (AvgIpc) is 3.10. The van der Waals surface area contributed by atoms with E-state index in [1.165, 1.54) is 22.6 Å². The Bertz CT molecular complexity index is 1810. The van der Waals surface area contributed by atoms with Crippen molar-refractivity contribution in [2.75, 3.05) is 0 Å². The Morgan fingerprint density at radius 2 is 1.40 bits per heavy atom. The molecule has 0 unspecified atom stereocenters. The van der Waals surface area contributed by atoms with Gasteiger partial charge in [0, 0.05) is 48.3 Å². The number of ketones is 1. The average molecular weight is 806 g/mol. The monoisotopic (exact) mass is 806 g/mol. The minimum Gasteiger partial charge on any atom is -0.512 e. The van der Waals surface area contributed by atoms with Gasteiger partial charge in [0.15, 0.2) is 5.78 Å². The van der Waals surface area contributed by atoms with Crippen molar-refractivity contribution in [1.29, 1.82) is 0 Å². The molecule has 1 N–H and O–H groups in total. The van der Waals surface area contributed by atoms with E-state index < -0.39 is 0 Å². The van der Waals surface area contributed by atoms with Gasteiger partial charge in [0.05, 0.1) is 5.52 Å². The summed E-state index contributed by atoms with van der Waals surface area (Å²) in [7, 11) is 0. The summed E-state index contributed by atoms with van der Waals surface area (Å²) in [5.74, 6) is 1.40. The molecule has 249 valence electrons. The molecule has 0 aliphatic heterocycles. The smallest absolute Gasteiger partial charge is 0.164 e. The number of allylic oxidation sites excluding steroid dienone is 2. The van der Waals surface area contributed by atoms with Gasteiger partial charge < -0.3 is 5.11 Å². The van der Waals surface area contributed by atoms with E-state index in [0.29, 0.717) is 0 Å². The fourth-order valence-corrected chi connectivity index (χ4v) is 5.44. The van der Waals surface area contributed by atoms with Gasteiger partial charge in [0.25, 0.3) is 0 Å². The zero-order chi connectivity index (χ0) is 33.5. The molecule has 4 aromatic carbocycles. The van der Waals surface area contributed by atoms with Crippen molar-refractivity contribution < 1.29 is 30.0 Å². The normalized spacial score (nSPS) is 12.1. The van der Waals surface area contributed by atoms with Crippen molar-refractivity contribution >= 4 is 27.5 Å². The van der Waals surface area contributed by atoms with Gasteiger partial charge in [-0.05, 0) is 59.3 Å². The maximum Gasteiger partial charge on any atom is 0.164 e. The van der Waals surface area contributed by atoms with Gasteiger partial charge in [-0.3, -0.25) is 9.78 Å². The van der Waals surface area contributed by atoms with Crippen molar-refractivity contribution in [3.63, 3.8) is 0 Å². The zero-order valence-electron chi connectivity index (χ0n) is 29.1. The third-order valence-electron chi connectivity index (χ3n) is 9.89. The second kappa shape index (κ2) is 16.4. The molecule has 0 fully saturated rings. The number of carbonyl (C=O) groups is 1. The van der Waals surface area contributed by atoms with Crippen LogP contribution in [0.3, 0.4) is 0 Å². The number of benzene rings is 4. The molecule has 5 aromatic rings. The Kier molecular flexibility index (Phi) is 13.2. The van der Waals surface area contributed by atoms with Gasteiger partial charge in [-0.15, -0.1) is 35.9 Å². The standard InChI is InChI=1S/C27H21N2.C15H28O2.Ir/c1-18(2)27-28-25(20-11-7-4-8-12-20)24-16-14-22-17-21(19-9-5-3-6-10-19)13-15-23(22)26(24)29-27;1-7-14(5,8-2)12(16)11-13(17)15(6,9-3)10-4;/h3-11,13-18H,1-2H3;11,16H,7-10H2,1-6H3;/q-1;;/b;12-11-;. The van der Waals surface area contributed by atoms with Crippen LogP contribution in [0.2, 0.25) is 0 Å². The number of fused-ring (bicyclic) bond motifs is 3. The Balaban J connectivity index is 0.000000290. The summed E-state index contributed by atoms with van der Waals surface area (Å²) < 4.78 is 0. The second-order valence-corrected chi connectivity index (χ2v) is 13.1. The van der Waals surface area contributed by atoms with Gasteiger partial charge >= 0.3 is 0 Å². The minimum absolute atomic E-state index is 0. The van der Waals surface area contributed by atoms with Gasteiger partial charge in [0.2, 0.25) is 0 Å². The molecule has 1 heterocycles. The van der Waals surface area contributed by atoms with Crippen LogP contribution in [0.5, 0.6) is 0 Å². The predicted molar refractivity (Wildman–Crippen MR) is 194 cm³/mol. The number of aliphatic hydroxyl groups excluding tert-OH is 1. The van der Waals surface area contributed by atoms with E-state index in [2.05, 4.69) is 80.6 Å². The molecule has 0 aliphatic carbocycles. The van der Waals surface area contributed by atoms with E-state index >= 15 is 0 Å². The molecular weight excluding hydrogens is 757 g/mol. The van der Waals surface area contributed by atoms with Crippen LogP contribution in [0.4, 0.5) is 0 Å². The number of rotatable bonds is 10. The predicted octanol–water partition coefficient (Wildman–Crippen LogP) is 11.7. The van der Waals surface area contributed by atoms with E-state index in [-0.39, 0.29) is 48.4 Å². The molecule has 1 radical (unpaired) electrons. The first-order valence-electron chi connectivity index (χ1n) is 16.7. The molecule has 4 nitrogen and oxygen atoms in total. The first-order valence-corrected chi connectivity index (χ1v) is 16.7. The third kappa shape index (κ3) is 8.44. The first-order chi connectivity index (χ1) is 22.0. The van der Waals surface area contributed by atoms with Crippen LogP contribution in [0.1, 0.15) is 92.8 Å². The van der Waals surface area contributed by atoms with E-state index in [1.54, 1.807) is 0 Å². The molecule has 0 spiro atoms. The molecule has 0 aliphatic rings. The van der Waals surface area contributed by atoms with E-state index in [0.717, 1.165) is 59.1 Å². The summed E-state index contributed by atoms with van der Waals surface area (Å²) in [5, 5.41) is 13.5. The summed E-state index contributed by atoms with van der Waals surface area (Å²) >= 11 is 0. The largest absolute Gasteiger partial charge is 0.512 e. The number of aliphatic hydroxyl groups is 1. The Morgan fingerprint density at radius 1 is 0.787 bits per heavy atom. The maximum atomic E-state index is 12.2. The molecule has 1 aromatic heterocycles. The summed E-state index contributed by atoms with van der Waals surface area (Å²) in [4.78, 5) is 22.0. The molecule has 0 atom stereocenters. The Morgan fingerprint density at radius 3 is 1.98 bits per heavy atom. The SMILES string of the molecule is CC(C)c1nc(-c2[c-]cccc2)c2ccc3cc(-c4ccccc4)ccc3c2n1.CCC(C)(CC)C(=O)/C=C(\O)C(C)(CC)CC.[Ir]. The van der Waals surface area contributed by atoms with E-state index in [1.807, 2.05) is 65.8 Å². The van der Waals surface area contributed by atoms with E-state index in [9.17, 15) is 9.90 Å². The summed E-state index contributed by atoms with van der Waals surface area (Å²) in [6.45, 7) is 16.4. The summed E-state index contributed by atoms with van der Waals surface area (Å²) in [5.41, 5.74) is 4.80. The van der Waals surface area contributed by atoms with Gasteiger partial charge in [-0.25, -0.2) is 4.98 Å². The molecule has 0 amide bonds.